The van der Waals surface area contributed by atoms with Crippen molar-refractivity contribution in [2.24, 2.45) is 0 Å². The number of carbonyl (C=O) groups excluding carboxylic acids is 1. The van der Waals surface area contributed by atoms with E-state index in [9.17, 15) is 14.7 Å². The van der Waals surface area contributed by atoms with Crippen LogP contribution >= 0.6 is 11.3 Å². The molecular formula is C30H26N2O5S. The number of hydrogen-bond acceptors (Lipinski definition) is 6. The molecule has 0 radical (unpaired) electrons. The molecule has 3 aromatic heterocycles. The summed E-state index contributed by atoms with van der Waals surface area (Å²) in [6.45, 7) is 5.88. The number of esters is 1. The highest BCUT2D eigenvalue weighted by Crippen LogP contribution is 2.43. The van der Waals surface area contributed by atoms with Crippen LogP contribution in [0.1, 0.15) is 55.3 Å². The molecule has 192 valence electrons. The summed E-state index contributed by atoms with van der Waals surface area (Å²) >= 11 is 1.18. The van der Waals surface area contributed by atoms with Crippen LogP contribution in [0.25, 0.3) is 16.2 Å². The number of rotatable bonds is 8. The van der Waals surface area contributed by atoms with Crippen LogP contribution in [0.15, 0.2) is 79.1 Å². The SMILES string of the molecule is Cc1cc(COC(=O)c2ccccc2)ccc1[C@@H](C)Oc1c(C(=O)O)sc(-c2cnc3ccccn23)c1C. The Balaban J connectivity index is 1.36. The summed E-state index contributed by atoms with van der Waals surface area (Å²) in [6, 6.07) is 20.4. The van der Waals surface area contributed by atoms with Gasteiger partial charge in [-0.15, -0.1) is 11.3 Å². The Bertz CT molecular complexity index is 1640. The van der Waals surface area contributed by atoms with Crippen molar-refractivity contribution in [3.8, 4) is 16.3 Å². The number of benzene rings is 2. The number of carbonyl (C=O) groups is 2. The van der Waals surface area contributed by atoms with Crippen LogP contribution in [-0.2, 0) is 11.3 Å². The van der Waals surface area contributed by atoms with Gasteiger partial charge in [0.2, 0.25) is 0 Å². The van der Waals surface area contributed by atoms with Crippen LogP contribution < -0.4 is 4.74 Å². The van der Waals surface area contributed by atoms with Gasteiger partial charge in [-0.3, -0.25) is 4.40 Å². The lowest BCUT2D eigenvalue weighted by Gasteiger charge is -2.19. The number of aromatic carboxylic acids is 1. The molecule has 0 amide bonds. The van der Waals surface area contributed by atoms with Crippen molar-refractivity contribution in [3.63, 3.8) is 0 Å². The third kappa shape index (κ3) is 4.90. The van der Waals surface area contributed by atoms with Gasteiger partial charge in [-0.05, 0) is 61.7 Å². The zero-order chi connectivity index (χ0) is 26.8. The predicted octanol–water partition coefficient (Wildman–Crippen LogP) is 6.87. The maximum atomic E-state index is 12.3. The highest BCUT2D eigenvalue weighted by Gasteiger charge is 2.26. The van der Waals surface area contributed by atoms with Crippen LogP contribution in [0.4, 0.5) is 0 Å². The molecule has 3 heterocycles. The number of carboxylic acid groups (broad SMARTS) is 1. The first kappa shape index (κ1) is 25.2. The zero-order valence-corrected chi connectivity index (χ0v) is 22.0. The Morgan fingerprint density at radius 3 is 2.55 bits per heavy atom. The number of fused-ring (bicyclic) bond motifs is 1. The van der Waals surface area contributed by atoms with Gasteiger partial charge in [0.15, 0.2) is 4.88 Å². The molecule has 5 aromatic rings. The molecule has 0 unspecified atom stereocenters. The molecule has 0 fully saturated rings. The molecule has 8 heteroatoms. The van der Waals surface area contributed by atoms with Crippen molar-refractivity contribution < 1.29 is 24.2 Å². The molecule has 0 bridgehead atoms. The van der Waals surface area contributed by atoms with Crippen LogP contribution in [0.5, 0.6) is 5.75 Å². The molecule has 0 aliphatic rings. The van der Waals surface area contributed by atoms with Gasteiger partial charge in [-0.1, -0.05) is 42.5 Å². The molecule has 38 heavy (non-hydrogen) atoms. The first-order valence-electron chi connectivity index (χ1n) is 12.1. The smallest absolute Gasteiger partial charge is 0.349 e. The predicted molar refractivity (Wildman–Crippen MR) is 146 cm³/mol. The molecule has 2 aromatic carbocycles. The molecule has 0 aliphatic heterocycles. The Labute approximate surface area is 223 Å². The fourth-order valence-electron chi connectivity index (χ4n) is 4.46. The van der Waals surface area contributed by atoms with E-state index in [1.807, 2.05) is 73.8 Å². The lowest BCUT2D eigenvalue weighted by molar-refractivity contribution is 0.0472. The number of pyridine rings is 1. The van der Waals surface area contributed by atoms with Gasteiger partial charge in [0.1, 0.15) is 24.1 Å². The fraction of sp³-hybridized carbons (Fsp3) is 0.167. The zero-order valence-electron chi connectivity index (χ0n) is 21.2. The van der Waals surface area contributed by atoms with E-state index in [0.29, 0.717) is 11.3 Å². The van der Waals surface area contributed by atoms with Crippen molar-refractivity contribution in [3.05, 3.63) is 112 Å². The lowest BCUT2D eigenvalue weighted by atomic mass is 10.0. The third-order valence-corrected chi connectivity index (χ3v) is 7.67. The van der Waals surface area contributed by atoms with Crippen molar-refractivity contribution in [1.82, 2.24) is 9.38 Å². The van der Waals surface area contributed by atoms with Gasteiger partial charge in [-0.25, -0.2) is 14.6 Å². The summed E-state index contributed by atoms with van der Waals surface area (Å²) in [7, 11) is 0. The van der Waals surface area contributed by atoms with E-state index in [-0.39, 0.29) is 17.5 Å². The second-order valence-electron chi connectivity index (χ2n) is 8.99. The van der Waals surface area contributed by atoms with Gasteiger partial charge in [0.25, 0.3) is 0 Å². The topological polar surface area (TPSA) is 90.1 Å². The third-order valence-electron chi connectivity index (χ3n) is 6.38. The van der Waals surface area contributed by atoms with Gasteiger partial charge in [0, 0.05) is 11.8 Å². The van der Waals surface area contributed by atoms with Crippen LogP contribution in [0.3, 0.4) is 0 Å². The summed E-state index contributed by atoms with van der Waals surface area (Å²) in [4.78, 5) is 29.8. The Hall–Kier alpha value is -4.43. The van der Waals surface area contributed by atoms with Gasteiger partial charge in [0.05, 0.1) is 22.3 Å². The van der Waals surface area contributed by atoms with Gasteiger partial charge in [-0.2, -0.15) is 0 Å². The molecule has 0 saturated carbocycles. The van der Waals surface area contributed by atoms with Gasteiger partial charge >= 0.3 is 11.9 Å². The van der Waals surface area contributed by atoms with E-state index < -0.39 is 12.1 Å². The Morgan fingerprint density at radius 2 is 1.82 bits per heavy atom. The average molecular weight is 527 g/mol. The molecule has 1 N–H and O–H groups in total. The number of thiophene rings is 1. The van der Waals surface area contributed by atoms with E-state index in [1.54, 1.807) is 30.5 Å². The van der Waals surface area contributed by atoms with Crippen molar-refractivity contribution in [2.45, 2.75) is 33.5 Å². The van der Waals surface area contributed by atoms with E-state index in [4.69, 9.17) is 9.47 Å². The Morgan fingerprint density at radius 1 is 1.05 bits per heavy atom. The summed E-state index contributed by atoms with van der Waals surface area (Å²) in [5.74, 6) is -1.05. The van der Waals surface area contributed by atoms with Crippen LogP contribution in [-0.4, -0.2) is 26.4 Å². The first-order chi connectivity index (χ1) is 18.3. The van der Waals surface area contributed by atoms with Crippen molar-refractivity contribution >= 4 is 28.9 Å². The standard InChI is InChI=1S/C30H26N2O5S/c1-18-15-21(17-36-30(35)22-9-5-4-6-10-22)12-13-23(18)20(3)37-26-19(2)27(38-28(26)29(33)34)24-16-31-25-11-7-8-14-32(24)25/h4-16,20H,17H2,1-3H3,(H,33,34)/t20-/m1/s1. The Kier molecular flexibility index (Phi) is 6.98. The minimum absolute atomic E-state index is 0.150. The average Bonchev–Trinajstić information content (AvgIpc) is 3.48. The number of hydrogen-bond donors (Lipinski definition) is 1. The molecule has 0 spiro atoms. The number of ether oxygens (including phenoxy) is 2. The quantitative estimate of drug-likeness (QED) is 0.222. The maximum Gasteiger partial charge on any atom is 0.349 e. The van der Waals surface area contributed by atoms with E-state index in [0.717, 1.165) is 38.5 Å². The summed E-state index contributed by atoms with van der Waals surface area (Å²) in [6.07, 6.45) is 3.25. The van der Waals surface area contributed by atoms with Crippen LogP contribution in [0, 0.1) is 13.8 Å². The van der Waals surface area contributed by atoms with Crippen molar-refractivity contribution in [1.29, 1.82) is 0 Å². The van der Waals surface area contributed by atoms with E-state index >= 15 is 0 Å². The summed E-state index contributed by atoms with van der Waals surface area (Å²) in [5, 5.41) is 9.94. The molecular weight excluding hydrogens is 500 g/mol. The number of aryl methyl sites for hydroxylation is 1. The highest BCUT2D eigenvalue weighted by molar-refractivity contribution is 7.17. The molecule has 1 atom stereocenters. The van der Waals surface area contributed by atoms with Crippen LogP contribution in [0.2, 0.25) is 0 Å². The largest absolute Gasteiger partial charge is 0.484 e. The molecule has 0 aliphatic carbocycles. The fourth-order valence-corrected chi connectivity index (χ4v) is 5.54. The molecule has 5 rings (SSSR count). The van der Waals surface area contributed by atoms with E-state index in [2.05, 4.69) is 4.98 Å². The van der Waals surface area contributed by atoms with Crippen molar-refractivity contribution in [2.75, 3.05) is 0 Å². The number of aromatic nitrogens is 2. The number of imidazole rings is 1. The number of nitrogens with zero attached hydrogens (tertiary/aromatic N) is 2. The molecule has 0 saturated heterocycles. The first-order valence-corrected chi connectivity index (χ1v) is 12.9. The summed E-state index contributed by atoms with van der Waals surface area (Å²) < 4.78 is 13.7. The monoisotopic (exact) mass is 526 g/mol. The minimum atomic E-state index is -1.03. The maximum absolute atomic E-state index is 12.3. The molecule has 7 nitrogen and oxygen atoms in total. The lowest BCUT2D eigenvalue weighted by Crippen LogP contribution is -2.09. The van der Waals surface area contributed by atoms with E-state index in [1.165, 1.54) is 11.3 Å². The van der Waals surface area contributed by atoms with Gasteiger partial charge < -0.3 is 14.6 Å². The number of carboxylic acids is 1. The normalized spacial score (nSPS) is 11.9. The second kappa shape index (κ2) is 10.5. The summed E-state index contributed by atoms with van der Waals surface area (Å²) in [5.41, 5.74) is 5.60. The minimum Gasteiger partial charge on any atom is -0.484 e. The second-order valence-corrected chi connectivity index (χ2v) is 10.0. The highest BCUT2D eigenvalue weighted by atomic mass is 32.1.